The summed E-state index contributed by atoms with van der Waals surface area (Å²) in [6.45, 7) is 6.59. The van der Waals surface area contributed by atoms with Gasteiger partial charge in [-0.3, -0.25) is 24.0 Å². The second-order valence-electron chi connectivity index (χ2n) is 9.28. The van der Waals surface area contributed by atoms with Gasteiger partial charge in [-0.1, -0.05) is 0 Å². The molecule has 10 nitrogen and oxygen atoms in total. The molecule has 4 rings (SSSR count). The zero-order valence-corrected chi connectivity index (χ0v) is 18.7. The van der Waals surface area contributed by atoms with E-state index in [0.29, 0.717) is 30.5 Å². The van der Waals surface area contributed by atoms with E-state index in [2.05, 4.69) is 10.2 Å². The van der Waals surface area contributed by atoms with Gasteiger partial charge in [-0.05, 0) is 45.4 Å². The number of anilines is 1. The number of imide groups is 1. The van der Waals surface area contributed by atoms with Crippen LogP contribution < -0.4 is 15.9 Å². The topological polar surface area (TPSA) is 112 Å². The van der Waals surface area contributed by atoms with Gasteiger partial charge in [0.1, 0.15) is 18.2 Å². The molecule has 0 saturated carbocycles. The Labute approximate surface area is 185 Å². The van der Waals surface area contributed by atoms with Crippen molar-refractivity contribution in [3.63, 3.8) is 0 Å². The first-order valence-corrected chi connectivity index (χ1v) is 10.7. The fourth-order valence-corrected chi connectivity index (χ4v) is 4.09. The van der Waals surface area contributed by atoms with Crippen molar-refractivity contribution in [1.29, 1.82) is 0 Å². The average molecular weight is 444 g/mol. The molecule has 0 spiro atoms. The summed E-state index contributed by atoms with van der Waals surface area (Å²) in [5, 5.41) is 2.31. The molecule has 2 aliphatic rings. The third kappa shape index (κ3) is 4.27. The van der Waals surface area contributed by atoms with Crippen LogP contribution in [0, 0.1) is 0 Å². The number of esters is 1. The van der Waals surface area contributed by atoms with Crippen molar-refractivity contribution < 1.29 is 23.9 Å². The van der Waals surface area contributed by atoms with Gasteiger partial charge in [-0.15, -0.1) is 0 Å². The maximum atomic E-state index is 12.9. The Balaban J connectivity index is 1.45. The third-order valence-electron chi connectivity index (χ3n) is 5.66. The number of nitrogens with zero attached hydrogens (tertiary/aromatic N) is 3. The van der Waals surface area contributed by atoms with Gasteiger partial charge >= 0.3 is 11.7 Å². The average Bonchev–Trinajstić information content (AvgIpc) is 2.90. The Morgan fingerprint density at radius 1 is 1.16 bits per heavy atom. The number of amides is 2. The van der Waals surface area contributed by atoms with Gasteiger partial charge in [0.05, 0.1) is 17.1 Å². The Morgan fingerprint density at radius 2 is 1.88 bits per heavy atom. The lowest BCUT2D eigenvalue weighted by Gasteiger charge is -2.40. The third-order valence-corrected chi connectivity index (χ3v) is 5.66. The maximum absolute atomic E-state index is 12.9. The molecule has 0 aliphatic carbocycles. The molecule has 1 N–H and O–H groups in total. The summed E-state index contributed by atoms with van der Waals surface area (Å²) >= 11 is 0. The summed E-state index contributed by atoms with van der Waals surface area (Å²) in [6, 6.07) is 4.92. The monoisotopic (exact) mass is 444 g/mol. The fraction of sp³-hybridized carbons (Fsp3) is 0.545. The molecule has 2 aliphatic heterocycles. The van der Waals surface area contributed by atoms with Crippen LogP contribution in [0.25, 0.3) is 11.0 Å². The Hall–Kier alpha value is -3.14. The van der Waals surface area contributed by atoms with E-state index in [-0.39, 0.29) is 36.7 Å². The van der Waals surface area contributed by atoms with Gasteiger partial charge < -0.3 is 14.4 Å². The van der Waals surface area contributed by atoms with Gasteiger partial charge in [0.25, 0.3) is 0 Å². The lowest BCUT2D eigenvalue weighted by atomic mass is 10.1. The van der Waals surface area contributed by atoms with Crippen molar-refractivity contribution in [3.8, 4) is 0 Å². The molecule has 1 unspecified atom stereocenters. The fourth-order valence-electron chi connectivity index (χ4n) is 4.09. The second-order valence-corrected chi connectivity index (χ2v) is 9.28. The van der Waals surface area contributed by atoms with Crippen LogP contribution in [-0.4, -0.2) is 58.3 Å². The summed E-state index contributed by atoms with van der Waals surface area (Å²) in [5.41, 5.74) is 1.44. The molecule has 1 atom stereocenters. The van der Waals surface area contributed by atoms with Gasteiger partial charge in [-0.2, -0.15) is 0 Å². The first-order chi connectivity index (χ1) is 15.0. The summed E-state index contributed by atoms with van der Waals surface area (Å²) in [5.74, 6) is -1.15. The molecule has 2 fully saturated rings. The number of ether oxygens (including phenoxy) is 2. The van der Waals surface area contributed by atoms with E-state index < -0.39 is 17.6 Å². The van der Waals surface area contributed by atoms with E-state index in [1.54, 1.807) is 7.05 Å². The highest BCUT2D eigenvalue weighted by molar-refractivity contribution is 6.00. The minimum Gasteiger partial charge on any atom is -0.458 e. The predicted molar refractivity (Wildman–Crippen MR) is 116 cm³/mol. The number of aryl methyl sites for hydroxylation is 1. The molecule has 1 aromatic heterocycles. The van der Waals surface area contributed by atoms with Crippen LogP contribution >= 0.6 is 0 Å². The van der Waals surface area contributed by atoms with Crippen molar-refractivity contribution in [1.82, 2.24) is 14.5 Å². The van der Waals surface area contributed by atoms with Crippen molar-refractivity contribution in [2.45, 2.75) is 51.4 Å². The zero-order chi connectivity index (χ0) is 23.2. The van der Waals surface area contributed by atoms with Crippen LogP contribution in [0.5, 0.6) is 0 Å². The molecule has 2 amide bonds. The summed E-state index contributed by atoms with van der Waals surface area (Å²) in [7, 11) is 1.67. The number of rotatable bonds is 5. The molecule has 0 radical (unpaired) electrons. The molecule has 10 heteroatoms. The lowest BCUT2D eigenvalue weighted by molar-refractivity contribution is -0.162. The zero-order valence-electron chi connectivity index (χ0n) is 18.7. The van der Waals surface area contributed by atoms with Crippen LogP contribution in [0.15, 0.2) is 23.0 Å². The molecular weight excluding hydrogens is 416 g/mol. The highest BCUT2D eigenvalue weighted by atomic mass is 16.6. The smallest absolute Gasteiger partial charge is 0.332 e. The van der Waals surface area contributed by atoms with Crippen LogP contribution in [-0.2, 0) is 30.9 Å². The molecule has 2 saturated heterocycles. The van der Waals surface area contributed by atoms with Crippen LogP contribution in [0.1, 0.15) is 39.7 Å². The van der Waals surface area contributed by atoms with Crippen LogP contribution in [0.3, 0.4) is 0 Å². The van der Waals surface area contributed by atoms with Crippen molar-refractivity contribution in [2.24, 2.45) is 7.05 Å². The number of carbonyl (C=O) groups is 3. The minimum absolute atomic E-state index is 0.0740. The summed E-state index contributed by atoms with van der Waals surface area (Å²) < 4.78 is 13.8. The first-order valence-electron chi connectivity index (χ1n) is 10.7. The largest absolute Gasteiger partial charge is 0.458 e. The Morgan fingerprint density at radius 3 is 2.53 bits per heavy atom. The minimum atomic E-state index is -0.704. The van der Waals surface area contributed by atoms with Gasteiger partial charge in [0.15, 0.2) is 0 Å². The lowest BCUT2D eigenvalue weighted by Crippen LogP contribution is -2.53. The van der Waals surface area contributed by atoms with Gasteiger partial charge in [0, 0.05) is 32.2 Å². The van der Waals surface area contributed by atoms with Crippen molar-refractivity contribution in [2.75, 3.05) is 24.6 Å². The normalized spacial score (nSPS) is 19.8. The Bertz CT molecular complexity index is 1140. The number of imidazole rings is 1. The van der Waals surface area contributed by atoms with Crippen LogP contribution in [0.2, 0.25) is 0 Å². The molecular formula is C22H28N4O6. The number of hydrogen-bond donors (Lipinski definition) is 1. The van der Waals surface area contributed by atoms with E-state index in [0.717, 1.165) is 5.69 Å². The van der Waals surface area contributed by atoms with E-state index >= 15 is 0 Å². The number of carbonyl (C=O) groups excluding carboxylic acids is 3. The number of hydrogen-bond acceptors (Lipinski definition) is 7. The number of aromatic nitrogens is 2. The molecule has 32 heavy (non-hydrogen) atoms. The van der Waals surface area contributed by atoms with E-state index in [1.165, 1.54) is 9.13 Å². The molecule has 0 bridgehead atoms. The maximum Gasteiger partial charge on any atom is 0.332 e. The first kappa shape index (κ1) is 22.1. The highest BCUT2D eigenvalue weighted by Gasteiger charge is 2.32. The van der Waals surface area contributed by atoms with E-state index in [9.17, 15) is 19.2 Å². The summed E-state index contributed by atoms with van der Waals surface area (Å²) in [4.78, 5) is 50.5. The molecule has 3 heterocycles. The standard InChI is InChI=1S/C22H28N4O6/c1-22(2,3)32-19(28)12-31-14-10-25(11-14)13-5-6-15-17(9-13)24(4)21(30)26(15)16-7-8-18(27)23-20(16)29/h5-6,9,14,16H,7-8,10-12H2,1-4H3,(H,23,27,29). The predicted octanol–water partition coefficient (Wildman–Crippen LogP) is 0.865. The van der Waals surface area contributed by atoms with Gasteiger partial charge in [-0.25, -0.2) is 9.59 Å². The van der Waals surface area contributed by atoms with Crippen molar-refractivity contribution >= 4 is 34.5 Å². The second kappa shape index (κ2) is 8.09. The molecule has 2 aromatic rings. The molecule has 172 valence electrons. The SMILES string of the molecule is Cn1c(=O)n(C2CCC(=O)NC2=O)c2ccc(N3CC(OCC(=O)OC(C)(C)C)C3)cc21. The highest BCUT2D eigenvalue weighted by Crippen LogP contribution is 2.29. The van der Waals surface area contributed by atoms with Gasteiger partial charge in [0.2, 0.25) is 11.8 Å². The van der Waals surface area contributed by atoms with E-state index in [1.807, 2.05) is 39.0 Å². The number of fused-ring (bicyclic) bond motifs is 1. The number of nitrogens with one attached hydrogen (secondary N) is 1. The van der Waals surface area contributed by atoms with Crippen molar-refractivity contribution in [3.05, 3.63) is 28.7 Å². The quantitative estimate of drug-likeness (QED) is 0.538. The Kier molecular flexibility index (Phi) is 5.58. The number of piperidine rings is 1. The van der Waals surface area contributed by atoms with E-state index in [4.69, 9.17) is 9.47 Å². The summed E-state index contributed by atoms with van der Waals surface area (Å²) in [6.07, 6.45) is 0.430. The number of benzene rings is 1. The van der Waals surface area contributed by atoms with Crippen LogP contribution in [0.4, 0.5) is 5.69 Å². The molecule has 1 aromatic carbocycles.